The Morgan fingerprint density at radius 1 is 1.06 bits per heavy atom. The molecule has 2 aromatic carbocycles. The summed E-state index contributed by atoms with van der Waals surface area (Å²) in [5.74, 6) is 2.19. The minimum Gasteiger partial charge on any atom is -0.454 e. The SMILES string of the molecule is C=CCn1c(C(=O)N2CCN(Cc3ccc4c(c3)OCO4)CC2)c(C)c2cc(C(C)C)ccc21. The molecule has 2 aliphatic heterocycles. The highest BCUT2D eigenvalue weighted by atomic mass is 16.7. The van der Waals surface area contributed by atoms with Crippen molar-refractivity contribution in [3.63, 3.8) is 0 Å². The molecule has 0 atom stereocenters. The highest BCUT2D eigenvalue weighted by molar-refractivity contribution is 6.02. The van der Waals surface area contributed by atoms with Crippen molar-refractivity contribution in [1.29, 1.82) is 0 Å². The number of carbonyl (C=O) groups excluding carboxylic acids is 1. The van der Waals surface area contributed by atoms with Gasteiger partial charge in [-0.2, -0.15) is 0 Å². The number of rotatable bonds is 6. The first-order valence-electron chi connectivity index (χ1n) is 12.1. The smallest absolute Gasteiger partial charge is 0.270 e. The third-order valence-corrected chi connectivity index (χ3v) is 7.02. The fourth-order valence-electron chi connectivity index (χ4n) is 5.05. The number of piperazine rings is 1. The normalized spacial score (nSPS) is 15.9. The van der Waals surface area contributed by atoms with Crippen molar-refractivity contribution in [2.75, 3.05) is 33.0 Å². The van der Waals surface area contributed by atoms with E-state index in [4.69, 9.17) is 9.47 Å². The standard InChI is InChI=1S/C28H33N3O3/c1-5-10-31-24-8-7-22(19(2)3)16-23(24)20(4)27(31)28(32)30-13-11-29(12-14-30)17-21-6-9-25-26(15-21)34-18-33-25/h5-9,15-16,19H,1,10-14,17-18H2,2-4H3. The van der Waals surface area contributed by atoms with Crippen LogP contribution in [0, 0.1) is 6.92 Å². The first-order valence-corrected chi connectivity index (χ1v) is 12.1. The van der Waals surface area contributed by atoms with Crippen LogP contribution < -0.4 is 9.47 Å². The molecule has 0 aliphatic carbocycles. The van der Waals surface area contributed by atoms with Crippen LogP contribution in [0.15, 0.2) is 49.1 Å². The van der Waals surface area contributed by atoms with Gasteiger partial charge in [0.15, 0.2) is 11.5 Å². The maximum Gasteiger partial charge on any atom is 0.270 e. The molecule has 6 heteroatoms. The molecular formula is C28H33N3O3. The molecule has 1 aromatic heterocycles. The van der Waals surface area contributed by atoms with Gasteiger partial charge in [-0.3, -0.25) is 9.69 Å². The molecule has 0 unspecified atom stereocenters. The molecule has 5 rings (SSSR count). The van der Waals surface area contributed by atoms with E-state index in [0.717, 1.165) is 66.4 Å². The number of fused-ring (bicyclic) bond motifs is 2. The van der Waals surface area contributed by atoms with Crippen LogP contribution in [0.3, 0.4) is 0 Å². The number of carbonyl (C=O) groups is 1. The first kappa shape index (κ1) is 22.5. The maximum absolute atomic E-state index is 13.7. The van der Waals surface area contributed by atoms with Gasteiger partial charge in [0.05, 0.1) is 0 Å². The van der Waals surface area contributed by atoms with Crippen LogP contribution in [0.2, 0.25) is 0 Å². The number of ether oxygens (including phenoxy) is 2. The van der Waals surface area contributed by atoms with E-state index in [-0.39, 0.29) is 5.91 Å². The predicted molar refractivity (Wildman–Crippen MR) is 135 cm³/mol. The summed E-state index contributed by atoms with van der Waals surface area (Å²) in [6.45, 7) is 15.3. The number of hydrogen-bond donors (Lipinski definition) is 0. The van der Waals surface area contributed by atoms with Crippen molar-refractivity contribution in [2.45, 2.75) is 39.8 Å². The number of aromatic nitrogens is 1. The molecule has 178 valence electrons. The zero-order valence-electron chi connectivity index (χ0n) is 20.3. The van der Waals surface area contributed by atoms with Crippen molar-refractivity contribution in [1.82, 2.24) is 14.4 Å². The van der Waals surface area contributed by atoms with Gasteiger partial charge in [0.1, 0.15) is 5.69 Å². The van der Waals surface area contributed by atoms with E-state index in [1.54, 1.807) is 0 Å². The summed E-state index contributed by atoms with van der Waals surface area (Å²) in [6, 6.07) is 12.7. The Kier molecular flexibility index (Phi) is 6.09. The van der Waals surface area contributed by atoms with Crippen LogP contribution >= 0.6 is 0 Å². The van der Waals surface area contributed by atoms with Gasteiger partial charge < -0.3 is 18.9 Å². The second kappa shape index (κ2) is 9.18. The quantitative estimate of drug-likeness (QED) is 0.490. The van der Waals surface area contributed by atoms with Gasteiger partial charge in [-0.25, -0.2) is 0 Å². The number of amides is 1. The summed E-state index contributed by atoms with van der Waals surface area (Å²) in [4.78, 5) is 18.1. The molecule has 6 nitrogen and oxygen atoms in total. The van der Waals surface area contributed by atoms with Crippen molar-refractivity contribution < 1.29 is 14.3 Å². The van der Waals surface area contributed by atoms with Crippen LogP contribution in [0.25, 0.3) is 10.9 Å². The van der Waals surface area contributed by atoms with Gasteiger partial charge in [0, 0.05) is 50.2 Å². The van der Waals surface area contributed by atoms with E-state index in [2.05, 4.69) is 67.1 Å². The summed E-state index contributed by atoms with van der Waals surface area (Å²) < 4.78 is 13.1. The fourth-order valence-corrected chi connectivity index (χ4v) is 5.05. The van der Waals surface area contributed by atoms with Crippen LogP contribution in [0.4, 0.5) is 0 Å². The summed E-state index contributed by atoms with van der Waals surface area (Å²) in [6.07, 6.45) is 1.87. The second-order valence-electron chi connectivity index (χ2n) is 9.56. The minimum absolute atomic E-state index is 0.115. The average Bonchev–Trinajstić information content (AvgIpc) is 3.41. The molecular weight excluding hydrogens is 426 g/mol. The van der Waals surface area contributed by atoms with E-state index in [1.165, 1.54) is 11.1 Å². The zero-order chi connectivity index (χ0) is 23.8. The molecule has 0 N–H and O–H groups in total. The summed E-state index contributed by atoms with van der Waals surface area (Å²) in [7, 11) is 0. The summed E-state index contributed by atoms with van der Waals surface area (Å²) in [5.41, 5.74) is 5.45. The third-order valence-electron chi connectivity index (χ3n) is 7.02. The Morgan fingerprint density at radius 3 is 2.56 bits per heavy atom. The molecule has 1 saturated heterocycles. The Balaban J connectivity index is 1.33. The highest BCUT2D eigenvalue weighted by Crippen LogP contribution is 2.33. The van der Waals surface area contributed by atoms with E-state index in [9.17, 15) is 4.79 Å². The van der Waals surface area contributed by atoms with Crippen molar-refractivity contribution >= 4 is 16.8 Å². The molecule has 0 saturated carbocycles. The number of nitrogens with zero attached hydrogens (tertiary/aromatic N) is 3. The molecule has 0 radical (unpaired) electrons. The Labute approximate surface area is 201 Å². The average molecular weight is 460 g/mol. The predicted octanol–water partition coefficient (Wildman–Crippen LogP) is 4.95. The summed E-state index contributed by atoms with van der Waals surface area (Å²) >= 11 is 0. The van der Waals surface area contributed by atoms with Crippen LogP contribution in [0.1, 0.15) is 46.9 Å². The lowest BCUT2D eigenvalue weighted by Gasteiger charge is -2.35. The van der Waals surface area contributed by atoms with Crippen LogP contribution in [-0.4, -0.2) is 53.2 Å². The van der Waals surface area contributed by atoms with Gasteiger partial charge >= 0.3 is 0 Å². The van der Waals surface area contributed by atoms with E-state index in [1.807, 2.05) is 17.0 Å². The largest absolute Gasteiger partial charge is 0.454 e. The van der Waals surface area contributed by atoms with E-state index < -0.39 is 0 Å². The number of allylic oxidation sites excluding steroid dienone is 1. The third kappa shape index (κ3) is 4.07. The molecule has 1 fully saturated rings. The maximum atomic E-state index is 13.7. The molecule has 0 spiro atoms. The topological polar surface area (TPSA) is 46.9 Å². The molecule has 3 aromatic rings. The Bertz CT molecular complexity index is 1240. The number of aryl methyl sites for hydroxylation is 1. The van der Waals surface area contributed by atoms with Gasteiger partial charge in [0.25, 0.3) is 5.91 Å². The summed E-state index contributed by atoms with van der Waals surface area (Å²) in [5, 5.41) is 1.16. The van der Waals surface area contributed by atoms with Gasteiger partial charge in [-0.05, 0) is 53.8 Å². The van der Waals surface area contributed by atoms with E-state index >= 15 is 0 Å². The van der Waals surface area contributed by atoms with Gasteiger partial charge in [-0.15, -0.1) is 6.58 Å². The highest BCUT2D eigenvalue weighted by Gasteiger charge is 2.28. The minimum atomic E-state index is 0.115. The Hall–Kier alpha value is -3.25. The lowest BCUT2D eigenvalue weighted by atomic mass is 10.0. The molecule has 1 amide bonds. The Morgan fingerprint density at radius 2 is 1.82 bits per heavy atom. The molecule has 0 bridgehead atoms. The monoisotopic (exact) mass is 459 g/mol. The number of benzene rings is 2. The molecule has 34 heavy (non-hydrogen) atoms. The lowest BCUT2D eigenvalue weighted by Crippen LogP contribution is -2.48. The van der Waals surface area contributed by atoms with Gasteiger partial charge in [-0.1, -0.05) is 32.1 Å². The molecule has 2 aliphatic rings. The van der Waals surface area contributed by atoms with Crippen molar-refractivity contribution in [2.24, 2.45) is 0 Å². The van der Waals surface area contributed by atoms with Crippen LogP contribution in [-0.2, 0) is 13.1 Å². The van der Waals surface area contributed by atoms with Crippen LogP contribution in [0.5, 0.6) is 11.5 Å². The second-order valence-corrected chi connectivity index (χ2v) is 9.56. The lowest BCUT2D eigenvalue weighted by molar-refractivity contribution is 0.0618. The van der Waals surface area contributed by atoms with Crippen molar-refractivity contribution in [3.8, 4) is 11.5 Å². The van der Waals surface area contributed by atoms with Crippen molar-refractivity contribution in [3.05, 3.63) is 71.4 Å². The first-order chi connectivity index (χ1) is 16.5. The fraction of sp³-hybridized carbons (Fsp3) is 0.393. The van der Waals surface area contributed by atoms with E-state index in [0.29, 0.717) is 19.3 Å². The number of hydrogen-bond acceptors (Lipinski definition) is 4. The molecule has 3 heterocycles. The van der Waals surface area contributed by atoms with Gasteiger partial charge in [0.2, 0.25) is 6.79 Å². The zero-order valence-corrected chi connectivity index (χ0v) is 20.3.